The molecule has 0 aliphatic heterocycles. The standard InChI is InChI=1S/C31H30N2O4/c1-3-7-29(34)32-28(31(36)37)18-21-12-14-23(15-13-21)25-10-6-11-27(20-25)33(2)30(35)26-17-16-22-8-4-5-9-24(22)19-26/h4-6,8-17,19-20,28H,3,7,18H2,1-2H3,(H,32,34)(H,36,37). The van der Waals surface area contributed by atoms with Crippen molar-refractivity contribution in [3.05, 3.63) is 102 Å². The van der Waals surface area contributed by atoms with Crippen LogP contribution in [0.2, 0.25) is 0 Å². The van der Waals surface area contributed by atoms with Gasteiger partial charge in [-0.2, -0.15) is 0 Å². The van der Waals surface area contributed by atoms with Gasteiger partial charge < -0.3 is 15.3 Å². The summed E-state index contributed by atoms with van der Waals surface area (Å²) in [6.07, 6.45) is 1.17. The van der Waals surface area contributed by atoms with Crippen LogP contribution in [0.3, 0.4) is 0 Å². The molecule has 0 fully saturated rings. The van der Waals surface area contributed by atoms with Gasteiger partial charge in [0, 0.05) is 31.1 Å². The molecule has 0 aliphatic rings. The third-order valence-electron chi connectivity index (χ3n) is 6.37. The molecule has 0 radical (unpaired) electrons. The van der Waals surface area contributed by atoms with Gasteiger partial charge in [-0.05, 0) is 58.1 Å². The second-order valence-electron chi connectivity index (χ2n) is 9.09. The van der Waals surface area contributed by atoms with E-state index >= 15 is 0 Å². The molecule has 6 nitrogen and oxygen atoms in total. The number of anilines is 1. The van der Waals surface area contributed by atoms with Gasteiger partial charge in [0.1, 0.15) is 6.04 Å². The number of carboxylic acids is 1. The highest BCUT2D eigenvalue weighted by Crippen LogP contribution is 2.26. The van der Waals surface area contributed by atoms with Crippen molar-refractivity contribution < 1.29 is 19.5 Å². The zero-order valence-electron chi connectivity index (χ0n) is 21.0. The van der Waals surface area contributed by atoms with E-state index in [1.165, 1.54) is 0 Å². The summed E-state index contributed by atoms with van der Waals surface area (Å²) in [4.78, 5) is 38.3. The van der Waals surface area contributed by atoms with Gasteiger partial charge >= 0.3 is 5.97 Å². The van der Waals surface area contributed by atoms with E-state index in [-0.39, 0.29) is 18.2 Å². The Hall–Kier alpha value is -4.45. The van der Waals surface area contributed by atoms with Crippen LogP contribution in [0, 0.1) is 0 Å². The van der Waals surface area contributed by atoms with Crippen LogP contribution in [0.25, 0.3) is 21.9 Å². The summed E-state index contributed by atoms with van der Waals surface area (Å²) >= 11 is 0. The SMILES string of the molecule is CCCC(=O)NC(Cc1ccc(-c2cccc(N(C)C(=O)c3ccc4ccccc4c3)c2)cc1)C(=O)O. The maximum atomic E-state index is 13.2. The van der Waals surface area contributed by atoms with Crippen molar-refractivity contribution in [2.75, 3.05) is 11.9 Å². The van der Waals surface area contributed by atoms with Crippen molar-refractivity contribution in [3.63, 3.8) is 0 Å². The summed E-state index contributed by atoms with van der Waals surface area (Å²) in [5.41, 5.74) is 4.08. The maximum absolute atomic E-state index is 13.2. The number of fused-ring (bicyclic) bond motifs is 1. The van der Waals surface area contributed by atoms with Crippen LogP contribution in [0.4, 0.5) is 5.69 Å². The third kappa shape index (κ3) is 6.22. The molecule has 2 amide bonds. The highest BCUT2D eigenvalue weighted by atomic mass is 16.4. The molecule has 1 atom stereocenters. The smallest absolute Gasteiger partial charge is 0.326 e. The molecular weight excluding hydrogens is 464 g/mol. The first-order chi connectivity index (χ1) is 17.9. The number of carboxylic acid groups (broad SMARTS) is 1. The van der Waals surface area contributed by atoms with Crippen LogP contribution in [0.5, 0.6) is 0 Å². The molecule has 0 aliphatic carbocycles. The Balaban J connectivity index is 1.49. The fraction of sp³-hybridized carbons (Fsp3) is 0.194. The average Bonchev–Trinajstić information content (AvgIpc) is 2.92. The highest BCUT2D eigenvalue weighted by Gasteiger charge is 2.20. The van der Waals surface area contributed by atoms with Crippen LogP contribution in [0.15, 0.2) is 91.0 Å². The lowest BCUT2D eigenvalue weighted by atomic mass is 10.00. The van der Waals surface area contributed by atoms with E-state index in [2.05, 4.69) is 5.32 Å². The number of rotatable bonds is 9. The van der Waals surface area contributed by atoms with E-state index in [0.29, 0.717) is 18.4 Å². The molecule has 0 spiro atoms. The summed E-state index contributed by atoms with van der Waals surface area (Å²) in [5, 5.41) is 14.2. The van der Waals surface area contributed by atoms with Crippen molar-refractivity contribution in [1.82, 2.24) is 5.32 Å². The molecule has 4 aromatic carbocycles. The fourth-order valence-corrected chi connectivity index (χ4v) is 4.29. The first-order valence-electron chi connectivity index (χ1n) is 12.3. The van der Waals surface area contributed by atoms with E-state index in [1.807, 2.05) is 97.9 Å². The van der Waals surface area contributed by atoms with Crippen LogP contribution in [-0.4, -0.2) is 36.0 Å². The number of nitrogens with zero attached hydrogens (tertiary/aromatic N) is 1. The summed E-state index contributed by atoms with van der Waals surface area (Å²) in [6.45, 7) is 1.88. The van der Waals surface area contributed by atoms with Gasteiger partial charge in [-0.1, -0.05) is 73.7 Å². The molecule has 0 heterocycles. The Morgan fingerprint density at radius 3 is 2.27 bits per heavy atom. The molecule has 2 N–H and O–H groups in total. The Kier molecular flexibility index (Phi) is 7.98. The van der Waals surface area contributed by atoms with Crippen LogP contribution >= 0.6 is 0 Å². The fourth-order valence-electron chi connectivity index (χ4n) is 4.29. The molecule has 0 saturated heterocycles. The number of nitrogens with one attached hydrogen (secondary N) is 1. The molecule has 1 unspecified atom stereocenters. The monoisotopic (exact) mass is 494 g/mol. The van der Waals surface area contributed by atoms with E-state index in [0.717, 1.165) is 33.2 Å². The van der Waals surface area contributed by atoms with Crippen molar-refractivity contribution >= 4 is 34.2 Å². The lowest BCUT2D eigenvalue weighted by Gasteiger charge is -2.19. The van der Waals surface area contributed by atoms with E-state index in [1.54, 1.807) is 11.9 Å². The van der Waals surface area contributed by atoms with Gasteiger partial charge in [0.15, 0.2) is 0 Å². The molecule has 4 rings (SSSR count). The second-order valence-corrected chi connectivity index (χ2v) is 9.09. The van der Waals surface area contributed by atoms with Crippen LogP contribution in [0.1, 0.15) is 35.7 Å². The topological polar surface area (TPSA) is 86.7 Å². The number of amides is 2. The molecule has 0 bridgehead atoms. The Morgan fingerprint density at radius 1 is 0.838 bits per heavy atom. The number of carbonyl (C=O) groups excluding carboxylic acids is 2. The van der Waals surface area contributed by atoms with Crippen molar-refractivity contribution in [1.29, 1.82) is 0 Å². The minimum atomic E-state index is -1.06. The van der Waals surface area contributed by atoms with Gasteiger partial charge in [-0.25, -0.2) is 4.79 Å². The quantitative estimate of drug-likeness (QED) is 0.313. The predicted molar refractivity (Wildman–Crippen MR) is 147 cm³/mol. The van der Waals surface area contributed by atoms with E-state index in [9.17, 15) is 19.5 Å². The first kappa shape index (κ1) is 25.6. The number of aliphatic carboxylic acids is 1. The van der Waals surface area contributed by atoms with Crippen molar-refractivity contribution in [2.24, 2.45) is 0 Å². The number of benzene rings is 4. The predicted octanol–water partition coefficient (Wildman–Crippen LogP) is 5.70. The third-order valence-corrected chi connectivity index (χ3v) is 6.37. The molecule has 0 aromatic heterocycles. The first-order valence-corrected chi connectivity index (χ1v) is 12.3. The summed E-state index contributed by atoms with van der Waals surface area (Å²) in [7, 11) is 1.76. The van der Waals surface area contributed by atoms with Crippen molar-refractivity contribution in [2.45, 2.75) is 32.2 Å². The Labute approximate surface area is 216 Å². The van der Waals surface area contributed by atoms with E-state index in [4.69, 9.17) is 0 Å². The summed E-state index contributed by atoms with van der Waals surface area (Å²) < 4.78 is 0. The number of carbonyl (C=O) groups is 3. The lowest BCUT2D eigenvalue weighted by molar-refractivity contribution is -0.141. The largest absolute Gasteiger partial charge is 0.480 e. The Morgan fingerprint density at radius 2 is 1.57 bits per heavy atom. The van der Waals surface area contributed by atoms with Gasteiger partial charge in [-0.3, -0.25) is 9.59 Å². The molecule has 188 valence electrons. The normalized spacial score (nSPS) is 11.6. The molecular formula is C31H30N2O4. The maximum Gasteiger partial charge on any atom is 0.326 e. The van der Waals surface area contributed by atoms with Gasteiger partial charge in [-0.15, -0.1) is 0 Å². The van der Waals surface area contributed by atoms with Crippen LogP contribution in [-0.2, 0) is 16.0 Å². The zero-order chi connectivity index (χ0) is 26.4. The van der Waals surface area contributed by atoms with Gasteiger partial charge in [0.05, 0.1) is 0 Å². The highest BCUT2D eigenvalue weighted by molar-refractivity contribution is 6.08. The molecule has 37 heavy (non-hydrogen) atoms. The van der Waals surface area contributed by atoms with Gasteiger partial charge in [0.2, 0.25) is 5.91 Å². The Bertz CT molecular complexity index is 1430. The number of hydrogen-bond acceptors (Lipinski definition) is 3. The molecule has 4 aromatic rings. The minimum Gasteiger partial charge on any atom is -0.480 e. The van der Waals surface area contributed by atoms with Crippen molar-refractivity contribution in [3.8, 4) is 11.1 Å². The molecule has 6 heteroatoms. The summed E-state index contributed by atoms with van der Waals surface area (Å²) in [5.74, 6) is -1.41. The van der Waals surface area contributed by atoms with Crippen LogP contribution < -0.4 is 10.2 Å². The summed E-state index contributed by atoms with van der Waals surface area (Å²) in [6, 6.07) is 28.0. The molecule has 0 saturated carbocycles. The minimum absolute atomic E-state index is 0.0944. The lowest BCUT2D eigenvalue weighted by Crippen LogP contribution is -2.42. The van der Waals surface area contributed by atoms with E-state index < -0.39 is 12.0 Å². The second kappa shape index (κ2) is 11.5. The van der Waals surface area contributed by atoms with Gasteiger partial charge in [0.25, 0.3) is 5.91 Å². The average molecular weight is 495 g/mol. The number of hydrogen-bond donors (Lipinski definition) is 2. The zero-order valence-corrected chi connectivity index (χ0v) is 21.0.